The van der Waals surface area contributed by atoms with Gasteiger partial charge < -0.3 is 4.84 Å². The van der Waals surface area contributed by atoms with Crippen LogP contribution in [0.3, 0.4) is 0 Å². The van der Waals surface area contributed by atoms with Crippen LogP contribution in [-0.2, 0) is 16.1 Å². The highest BCUT2D eigenvalue weighted by Crippen LogP contribution is 2.28. The van der Waals surface area contributed by atoms with E-state index in [2.05, 4.69) is 20.7 Å². The minimum absolute atomic E-state index is 0.263. The predicted molar refractivity (Wildman–Crippen MR) is 85.0 cm³/mol. The normalized spacial score (nSPS) is 20.4. The van der Waals surface area contributed by atoms with Gasteiger partial charge in [-0.15, -0.1) is 10.2 Å². The smallest absolute Gasteiger partial charge is 0.273 e. The summed E-state index contributed by atoms with van der Waals surface area (Å²) >= 11 is 1.37. The van der Waals surface area contributed by atoms with E-state index >= 15 is 0 Å². The summed E-state index contributed by atoms with van der Waals surface area (Å²) in [5.74, 6) is -0.263. The van der Waals surface area contributed by atoms with Crippen LogP contribution in [-0.4, -0.2) is 27.4 Å². The number of amides is 1. The molecule has 2 aromatic rings. The number of nitrogens with one attached hydrogen (secondary N) is 1. The van der Waals surface area contributed by atoms with E-state index in [9.17, 15) is 4.79 Å². The number of oxime groups is 1. The molecule has 1 aliphatic rings. The van der Waals surface area contributed by atoms with Gasteiger partial charge in [0.2, 0.25) is 10.7 Å². The average Bonchev–Trinajstić information content (AvgIpc) is 3.16. The molecular weight excluding hydrogens is 300 g/mol. The standard InChI is InChI=1S/C15H16N4O2S/c1-3-12-17-18-14(22-12)16-13(20)15(2)9-11(19-21-15)10-7-5-4-6-8-10/h4-8H,3,9H2,1-2H3,(H,16,18,20)/t15-/m1/s1. The lowest BCUT2D eigenvalue weighted by atomic mass is 9.95. The number of hydrogen-bond acceptors (Lipinski definition) is 6. The lowest BCUT2D eigenvalue weighted by molar-refractivity contribution is -0.135. The largest absolute Gasteiger partial charge is 0.379 e. The Morgan fingerprint density at radius 1 is 1.36 bits per heavy atom. The number of aromatic nitrogens is 2. The Balaban J connectivity index is 1.69. The third-order valence-corrected chi connectivity index (χ3v) is 4.42. The number of nitrogens with zero attached hydrogens (tertiary/aromatic N) is 3. The maximum atomic E-state index is 12.4. The molecule has 0 radical (unpaired) electrons. The molecule has 0 spiro atoms. The Morgan fingerprint density at radius 2 is 2.14 bits per heavy atom. The van der Waals surface area contributed by atoms with Gasteiger partial charge in [0, 0.05) is 6.42 Å². The number of carbonyl (C=O) groups excluding carboxylic acids is 1. The first-order chi connectivity index (χ1) is 10.6. The molecular formula is C15H16N4O2S. The maximum absolute atomic E-state index is 12.4. The molecule has 1 amide bonds. The molecule has 0 aliphatic carbocycles. The summed E-state index contributed by atoms with van der Waals surface area (Å²) in [4.78, 5) is 17.8. The van der Waals surface area contributed by atoms with E-state index in [1.54, 1.807) is 6.92 Å². The molecule has 114 valence electrons. The van der Waals surface area contributed by atoms with Gasteiger partial charge in [0.05, 0.1) is 5.71 Å². The second kappa shape index (κ2) is 5.84. The molecule has 0 unspecified atom stereocenters. The van der Waals surface area contributed by atoms with Crippen molar-refractivity contribution >= 4 is 28.1 Å². The van der Waals surface area contributed by atoms with E-state index in [1.165, 1.54) is 11.3 Å². The van der Waals surface area contributed by atoms with Crippen LogP contribution >= 0.6 is 11.3 Å². The second-order valence-corrected chi connectivity index (χ2v) is 6.27. The molecule has 2 heterocycles. The summed E-state index contributed by atoms with van der Waals surface area (Å²) < 4.78 is 0. The predicted octanol–water partition coefficient (Wildman–Crippen LogP) is 2.62. The van der Waals surface area contributed by atoms with Crippen LogP contribution in [0.4, 0.5) is 5.13 Å². The molecule has 7 heteroatoms. The zero-order chi connectivity index (χ0) is 15.6. The van der Waals surface area contributed by atoms with Crippen molar-refractivity contribution in [3.63, 3.8) is 0 Å². The summed E-state index contributed by atoms with van der Waals surface area (Å²) in [6, 6.07) is 9.70. The minimum atomic E-state index is -1.02. The van der Waals surface area contributed by atoms with E-state index in [1.807, 2.05) is 37.3 Å². The average molecular weight is 316 g/mol. The van der Waals surface area contributed by atoms with Gasteiger partial charge in [0.25, 0.3) is 5.91 Å². The fourth-order valence-corrected chi connectivity index (χ4v) is 2.80. The highest BCUT2D eigenvalue weighted by Gasteiger charge is 2.42. The summed E-state index contributed by atoms with van der Waals surface area (Å²) in [6.45, 7) is 3.72. The molecule has 0 saturated carbocycles. The molecule has 6 nitrogen and oxygen atoms in total. The first kappa shape index (κ1) is 14.6. The molecule has 0 saturated heterocycles. The van der Waals surface area contributed by atoms with Crippen LogP contribution in [0.15, 0.2) is 35.5 Å². The Kier molecular flexibility index (Phi) is 3.89. The van der Waals surface area contributed by atoms with E-state index in [0.29, 0.717) is 11.6 Å². The molecule has 1 atom stereocenters. The number of carbonyl (C=O) groups is 1. The number of aryl methyl sites for hydroxylation is 1. The number of anilines is 1. The highest BCUT2D eigenvalue weighted by atomic mass is 32.1. The molecule has 1 aromatic heterocycles. The number of hydrogen-bond donors (Lipinski definition) is 1. The first-order valence-corrected chi connectivity index (χ1v) is 7.86. The van der Waals surface area contributed by atoms with Crippen molar-refractivity contribution in [3.05, 3.63) is 40.9 Å². The molecule has 0 fully saturated rings. The van der Waals surface area contributed by atoms with Crippen molar-refractivity contribution in [2.24, 2.45) is 5.16 Å². The van der Waals surface area contributed by atoms with Crippen LogP contribution in [0.25, 0.3) is 0 Å². The second-order valence-electron chi connectivity index (χ2n) is 5.21. The number of benzene rings is 1. The lowest BCUT2D eigenvalue weighted by Crippen LogP contribution is -2.40. The Morgan fingerprint density at radius 3 is 2.82 bits per heavy atom. The van der Waals surface area contributed by atoms with E-state index in [-0.39, 0.29) is 5.91 Å². The molecule has 1 N–H and O–H groups in total. The number of rotatable bonds is 4. The molecule has 0 bridgehead atoms. The first-order valence-electron chi connectivity index (χ1n) is 7.05. The van der Waals surface area contributed by atoms with Crippen molar-refractivity contribution in [1.29, 1.82) is 0 Å². The van der Waals surface area contributed by atoms with Crippen molar-refractivity contribution < 1.29 is 9.63 Å². The minimum Gasteiger partial charge on any atom is -0.379 e. The van der Waals surface area contributed by atoms with Gasteiger partial charge >= 0.3 is 0 Å². The van der Waals surface area contributed by atoms with Gasteiger partial charge in [-0.1, -0.05) is 53.7 Å². The van der Waals surface area contributed by atoms with E-state index < -0.39 is 5.60 Å². The third-order valence-electron chi connectivity index (χ3n) is 3.44. The summed E-state index contributed by atoms with van der Waals surface area (Å²) in [5.41, 5.74) is 0.705. The Labute approximate surface area is 132 Å². The van der Waals surface area contributed by atoms with Crippen LogP contribution in [0, 0.1) is 0 Å². The zero-order valence-electron chi connectivity index (χ0n) is 12.4. The van der Waals surface area contributed by atoms with Crippen molar-refractivity contribution in [3.8, 4) is 0 Å². The molecule has 1 aromatic carbocycles. The fourth-order valence-electron chi connectivity index (χ4n) is 2.12. The van der Waals surface area contributed by atoms with E-state index in [0.717, 1.165) is 22.7 Å². The van der Waals surface area contributed by atoms with Crippen LogP contribution in [0.1, 0.15) is 30.8 Å². The highest BCUT2D eigenvalue weighted by molar-refractivity contribution is 7.15. The Bertz CT molecular complexity index is 713. The van der Waals surface area contributed by atoms with Crippen LogP contribution < -0.4 is 5.32 Å². The molecule has 22 heavy (non-hydrogen) atoms. The summed E-state index contributed by atoms with van der Waals surface area (Å²) in [5, 5.41) is 16.1. The van der Waals surface area contributed by atoms with Gasteiger partial charge in [-0.2, -0.15) is 0 Å². The zero-order valence-corrected chi connectivity index (χ0v) is 13.2. The monoisotopic (exact) mass is 316 g/mol. The fraction of sp³-hybridized carbons (Fsp3) is 0.333. The molecule has 1 aliphatic heterocycles. The lowest BCUT2D eigenvalue weighted by Gasteiger charge is -2.19. The van der Waals surface area contributed by atoms with Crippen LogP contribution in [0.2, 0.25) is 0 Å². The SMILES string of the molecule is CCc1nnc(NC(=O)[C@@]2(C)CC(c3ccccc3)=NO2)s1. The third kappa shape index (κ3) is 2.85. The maximum Gasteiger partial charge on any atom is 0.273 e. The van der Waals surface area contributed by atoms with Gasteiger partial charge in [0.15, 0.2) is 0 Å². The Hall–Kier alpha value is -2.28. The summed E-state index contributed by atoms with van der Waals surface area (Å²) in [7, 11) is 0. The molecule has 3 rings (SSSR count). The topological polar surface area (TPSA) is 76.5 Å². The van der Waals surface area contributed by atoms with E-state index in [4.69, 9.17) is 4.84 Å². The van der Waals surface area contributed by atoms with Crippen LogP contribution in [0.5, 0.6) is 0 Å². The van der Waals surface area contributed by atoms with Gasteiger partial charge in [0.1, 0.15) is 5.01 Å². The van der Waals surface area contributed by atoms with Gasteiger partial charge in [-0.25, -0.2) is 0 Å². The van der Waals surface area contributed by atoms with Crippen molar-refractivity contribution in [1.82, 2.24) is 10.2 Å². The van der Waals surface area contributed by atoms with Crippen molar-refractivity contribution in [2.75, 3.05) is 5.32 Å². The van der Waals surface area contributed by atoms with Crippen molar-refractivity contribution in [2.45, 2.75) is 32.3 Å². The summed E-state index contributed by atoms with van der Waals surface area (Å²) in [6.07, 6.45) is 1.21. The van der Waals surface area contributed by atoms with Gasteiger partial charge in [-0.05, 0) is 18.9 Å². The van der Waals surface area contributed by atoms with Gasteiger partial charge in [-0.3, -0.25) is 10.1 Å². The quantitative estimate of drug-likeness (QED) is 0.940.